The zero-order valence-electron chi connectivity index (χ0n) is 10.8. The third kappa shape index (κ3) is 4.18. The molecule has 0 aliphatic carbocycles. The monoisotopic (exact) mass is 324 g/mol. The van der Waals surface area contributed by atoms with Gasteiger partial charge in [-0.25, -0.2) is 0 Å². The number of benzene rings is 1. The van der Waals surface area contributed by atoms with Crippen molar-refractivity contribution in [2.75, 3.05) is 5.32 Å². The second-order valence-electron chi connectivity index (χ2n) is 4.31. The number of pyridine rings is 1. The maximum atomic E-state index is 11.9. The second-order valence-corrected chi connectivity index (χ2v) is 5.12. The quantitative estimate of drug-likeness (QED) is 0.844. The van der Waals surface area contributed by atoms with Gasteiger partial charge in [-0.2, -0.15) is 4.57 Å². The van der Waals surface area contributed by atoms with Crippen molar-refractivity contribution in [3.63, 3.8) is 0 Å². The van der Waals surface area contributed by atoms with Gasteiger partial charge in [0, 0.05) is 11.8 Å². The molecule has 21 heavy (non-hydrogen) atoms. The lowest BCUT2D eigenvalue weighted by Crippen LogP contribution is -2.40. The largest absolute Gasteiger partial charge is 0.365 e. The summed E-state index contributed by atoms with van der Waals surface area (Å²) in [6.07, 6.45) is 3.18. The zero-order chi connectivity index (χ0) is 15.4. The Bertz CT molecular complexity index is 704. The minimum atomic E-state index is -0.547. The van der Waals surface area contributed by atoms with Crippen molar-refractivity contribution in [1.29, 1.82) is 0 Å². The molecule has 0 spiro atoms. The molecule has 0 radical (unpaired) electrons. The molecule has 108 valence electrons. The Labute approximate surface area is 131 Å². The summed E-state index contributed by atoms with van der Waals surface area (Å²) in [6, 6.07) is 8.03. The number of nitrogens with zero attached hydrogens (tertiary/aromatic N) is 1. The van der Waals surface area contributed by atoms with Crippen molar-refractivity contribution in [1.82, 2.24) is 0 Å². The lowest BCUT2D eigenvalue weighted by atomic mass is 10.2. The summed E-state index contributed by atoms with van der Waals surface area (Å²) in [6.45, 7) is 0.0430. The number of halogens is 2. The standard InChI is InChI=1S/C14H11Cl2N3O2/c15-11-4-3-10(6-12(11)16)18-13(20)8-19-5-1-2-9(7-19)14(17)21/h1-7H,8H2,(H2-,17,18,20,21)/p+1. The van der Waals surface area contributed by atoms with Gasteiger partial charge in [0.25, 0.3) is 11.8 Å². The van der Waals surface area contributed by atoms with Gasteiger partial charge in [-0.3, -0.25) is 9.59 Å². The molecule has 1 heterocycles. The molecule has 0 aliphatic heterocycles. The van der Waals surface area contributed by atoms with Gasteiger partial charge in [-0.1, -0.05) is 23.2 Å². The van der Waals surface area contributed by atoms with E-state index >= 15 is 0 Å². The van der Waals surface area contributed by atoms with Crippen molar-refractivity contribution in [2.45, 2.75) is 6.54 Å². The Morgan fingerprint density at radius 2 is 1.95 bits per heavy atom. The average Bonchev–Trinajstić information content (AvgIpc) is 2.43. The average molecular weight is 325 g/mol. The van der Waals surface area contributed by atoms with Gasteiger partial charge < -0.3 is 11.1 Å². The summed E-state index contributed by atoms with van der Waals surface area (Å²) in [4.78, 5) is 23.0. The topological polar surface area (TPSA) is 76.1 Å². The molecule has 0 saturated heterocycles. The summed E-state index contributed by atoms with van der Waals surface area (Å²) in [5.41, 5.74) is 6.06. The number of amides is 2. The molecule has 1 aromatic carbocycles. The van der Waals surface area contributed by atoms with Gasteiger partial charge in [0.15, 0.2) is 12.4 Å². The minimum absolute atomic E-state index is 0.0430. The molecule has 1 aromatic heterocycles. The predicted molar refractivity (Wildman–Crippen MR) is 80.2 cm³/mol. The van der Waals surface area contributed by atoms with E-state index in [1.165, 1.54) is 6.20 Å². The maximum Gasteiger partial charge on any atom is 0.290 e. The lowest BCUT2D eigenvalue weighted by molar-refractivity contribution is -0.684. The number of anilines is 1. The van der Waals surface area contributed by atoms with Crippen LogP contribution in [0.4, 0.5) is 5.69 Å². The van der Waals surface area contributed by atoms with E-state index in [1.54, 1.807) is 41.1 Å². The van der Waals surface area contributed by atoms with E-state index in [4.69, 9.17) is 28.9 Å². The van der Waals surface area contributed by atoms with E-state index in [2.05, 4.69) is 5.32 Å². The van der Waals surface area contributed by atoms with E-state index < -0.39 is 5.91 Å². The van der Waals surface area contributed by atoms with E-state index in [-0.39, 0.29) is 12.5 Å². The molecule has 5 nitrogen and oxygen atoms in total. The van der Waals surface area contributed by atoms with Gasteiger partial charge in [0.1, 0.15) is 5.56 Å². The number of rotatable bonds is 4. The first-order valence-corrected chi connectivity index (χ1v) is 6.75. The summed E-state index contributed by atoms with van der Waals surface area (Å²) in [7, 11) is 0. The number of carbonyl (C=O) groups is 2. The molecule has 0 aliphatic rings. The van der Waals surface area contributed by atoms with Crippen LogP contribution in [-0.4, -0.2) is 11.8 Å². The Hall–Kier alpha value is -2.11. The Kier molecular flexibility index (Phi) is 4.77. The third-order valence-electron chi connectivity index (χ3n) is 2.67. The fraction of sp³-hybridized carbons (Fsp3) is 0.0714. The fourth-order valence-electron chi connectivity index (χ4n) is 1.71. The van der Waals surface area contributed by atoms with Gasteiger partial charge in [0.05, 0.1) is 10.0 Å². The molecule has 3 N–H and O–H groups in total. The molecule has 0 bridgehead atoms. The fourth-order valence-corrected chi connectivity index (χ4v) is 2.00. The molecule has 2 aromatic rings. The molecule has 0 unspecified atom stereocenters. The van der Waals surface area contributed by atoms with Crippen LogP contribution >= 0.6 is 23.2 Å². The summed E-state index contributed by atoms with van der Waals surface area (Å²) in [5, 5.41) is 3.46. The predicted octanol–water partition coefficient (Wildman–Crippen LogP) is 2.02. The van der Waals surface area contributed by atoms with Gasteiger partial charge in [0.2, 0.25) is 6.54 Å². The van der Waals surface area contributed by atoms with Crippen LogP contribution in [0.1, 0.15) is 10.4 Å². The Morgan fingerprint density at radius 3 is 2.62 bits per heavy atom. The van der Waals surface area contributed by atoms with Crippen LogP contribution < -0.4 is 15.6 Å². The van der Waals surface area contributed by atoms with Crippen LogP contribution in [-0.2, 0) is 11.3 Å². The van der Waals surface area contributed by atoms with Crippen LogP contribution in [0.3, 0.4) is 0 Å². The minimum Gasteiger partial charge on any atom is -0.365 e. The number of primary amides is 1. The van der Waals surface area contributed by atoms with Crippen LogP contribution in [0.2, 0.25) is 10.0 Å². The van der Waals surface area contributed by atoms with Crippen molar-refractivity contribution < 1.29 is 14.2 Å². The van der Waals surface area contributed by atoms with Crippen molar-refractivity contribution in [3.05, 3.63) is 58.3 Å². The number of hydrogen-bond acceptors (Lipinski definition) is 2. The first-order valence-electron chi connectivity index (χ1n) is 5.99. The first-order chi connectivity index (χ1) is 9.95. The Balaban J connectivity index is 2.06. The van der Waals surface area contributed by atoms with Crippen molar-refractivity contribution >= 4 is 40.7 Å². The van der Waals surface area contributed by atoms with Gasteiger partial charge in [-0.05, 0) is 24.3 Å². The molecule has 7 heteroatoms. The summed E-state index contributed by atoms with van der Waals surface area (Å²) < 4.78 is 1.56. The SMILES string of the molecule is NC(=O)c1ccc[n+](CC(=O)Nc2ccc(Cl)c(Cl)c2)c1. The van der Waals surface area contributed by atoms with E-state index in [0.717, 1.165) is 0 Å². The molecule has 2 rings (SSSR count). The van der Waals surface area contributed by atoms with Crippen LogP contribution in [0, 0.1) is 0 Å². The second kappa shape index (κ2) is 6.56. The normalized spacial score (nSPS) is 10.2. The highest BCUT2D eigenvalue weighted by molar-refractivity contribution is 6.42. The highest BCUT2D eigenvalue weighted by atomic mass is 35.5. The molecule has 0 saturated carbocycles. The maximum absolute atomic E-state index is 11.9. The molecular weight excluding hydrogens is 313 g/mol. The number of hydrogen-bond donors (Lipinski definition) is 2. The molecule has 0 fully saturated rings. The lowest BCUT2D eigenvalue weighted by Gasteiger charge is -2.04. The summed E-state index contributed by atoms with van der Waals surface area (Å²) in [5.74, 6) is -0.811. The number of nitrogens with one attached hydrogen (secondary N) is 1. The van der Waals surface area contributed by atoms with Crippen LogP contribution in [0.25, 0.3) is 0 Å². The number of carbonyl (C=O) groups excluding carboxylic acids is 2. The first kappa shape index (κ1) is 15.3. The molecular formula is C14H12Cl2N3O2+. The smallest absolute Gasteiger partial charge is 0.290 e. The summed E-state index contributed by atoms with van der Waals surface area (Å²) >= 11 is 11.7. The van der Waals surface area contributed by atoms with Crippen molar-refractivity contribution in [2.24, 2.45) is 5.73 Å². The van der Waals surface area contributed by atoms with E-state index in [0.29, 0.717) is 21.3 Å². The van der Waals surface area contributed by atoms with E-state index in [1.807, 2.05) is 0 Å². The van der Waals surface area contributed by atoms with Crippen molar-refractivity contribution in [3.8, 4) is 0 Å². The Morgan fingerprint density at radius 1 is 1.19 bits per heavy atom. The third-order valence-corrected chi connectivity index (χ3v) is 3.41. The van der Waals surface area contributed by atoms with E-state index in [9.17, 15) is 9.59 Å². The van der Waals surface area contributed by atoms with Gasteiger partial charge >= 0.3 is 0 Å². The number of aromatic nitrogens is 1. The highest BCUT2D eigenvalue weighted by Crippen LogP contribution is 2.24. The van der Waals surface area contributed by atoms with Gasteiger partial charge in [-0.15, -0.1) is 0 Å². The van der Waals surface area contributed by atoms with Crippen LogP contribution in [0.15, 0.2) is 42.7 Å². The number of nitrogens with two attached hydrogens (primary N) is 1. The molecule has 0 atom stereocenters. The van der Waals surface area contributed by atoms with Crippen LogP contribution in [0.5, 0.6) is 0 Å². The molecule has 2 amide bonds. The highest BCUT2D eigenvalue weighted by Gasteiger charge is 2.12. The zero-order valence-corrected chi connectivity index (χ0v) is 12.4.